The van der Waals surface area contributed by atoms with Crippen LogP contribution < -0.4 is 9.47 Å². The zero-order valence-electron chi connectivity index (χ0n) is 16.8. The summed E-state index contributed by atoms with van der Waals surface area (Å²) in [6.07, 6.45) is 4.43. The molecule has 0 aliphatic carbocycles. The summed E-state index contributed by atoms with van der Waals surface area (Å²) in [7, 11) is 3.11. The Kier molecular flexibility index (Phi) is 7.81. The van der Waals surface area contributed by atoms with Gasteiger partial charge in [0.15, 0.2) is 6.61 Å². The van der Waals surface area contributed by atoms with Gasteiger partial charge in [-0.1, -0.05) is 26.0 Å². The molecule has 0 fully saturated rings. The van der Waals surface area contributed by atoms with Gasteiger partial charge < -0.3 is 14.2 Å². The molecule has 2 aromatic rings. The number of esters is 1. The van der Waals surface area contributed by atoms with E-state index in [2.05, 4.69) is 0 Å². The first-order valence-corrected chi connectivity index (χ1v) is 9.24. The van der Waals surface area contributed by atoms with Crippen LogP contribution in [0.1, 0.15) is 40.9 Å². The fourth-order valence-corrected chi connectivity index (χ4v) is 2.80. The number of rotatable bonds is 9. The fourth-order valence-electron chi connectivity index (χ4n) is 2.80. The Morgan fingerprint density at radius 1 is 0.964 bits per heavy atom. The molecule has 0 aliphatic rings. The molecule has 0 N–H and O–H groups in total. The predicted molar refractivity (Wildman–Crippen MR) is 109 cm³/mol. The van der Waals surface area contributed by atoms with Crippen LogP contribution in [0.2, 0.25) is 0 Å². The molecule has 0 spiro atoms. The Bertz CT molecular complexity index is 867. The minimum Gasteiger partial charge on any atom is -0.497 e. The smallest absolute Gasteiger partial charge is 0.331 e. The summed E-state index contributed by atoms with van der Waals surface area (Å²) in [5, 5.41) is 0. The van der Waals surface area contributed by atoms with E-state index >= 15 is 0 Å². The van der Waals surface area contributed by atoms with Gasteiger partial charge in [0.1, 0.15) is 11.5 Å². The van der Waals surface area contributed by atoms with E-state index in [1.54, 1.807) is 38.5 Å². The average molecular weight is 382 g/mol. The highest BCUT2D eigenvalue weighted by molar-refractivity contribution is 6.00. The second-order valence-electron chi connectivity index (χ2n) is 6.17. The molecule has 5 nitrogen and oxygen atoms in total. The van der Waals surface area contributed by atoms with Crippen molar-refractivity contribution < 1.29 is 23.8 Å². The molecule has 148 valence electrons. The Hall–Kier alpha value is -3.08. The van der Waals surface area contributed by atoms with Gasteiger partial charge in [-0.05, 0) is 54.3 Å². The van der Waals surface area contributed by atoms with E-state index in [4.69, 9.17) is 14.2 Å². The van der Waals surface area contributed by atoms with Gasteiger partial charge in [-0.15, -0.1) is 0 Å². The van der Waals surface area contributed by atoms with Gasteiger partial charge in [-0.2, -0.15) is 0 Å². The molecule has 2 rings (SSSR count). The highest BCUT2D eigenvalue weighted by Gasteiger charge is 2.13. The van der Waals surface area contributed by atoms with Crippen LogP contribution in [-0.2, 0) is 22.4 Å². The van der Waals surface area contributed by atoms with Crippen molar-refractivity contribution in [2.24, 2.45) is 0 Å². The zero-order chi connectivity index (χ0) is 20.5. The van der Waals surface area contributed by atoms with E-state index in [1.807, 2.05) is 32.0 Å². The zero-order valence-corrected chi connectivity index (χ0v) is 16.8. The predicted octanol–water partition coefficient (Wildman–Crippen LogP) is 4.27. The van der Waals surface area contributed by atoms with Crippen LogP contribution in [0.3, 0.4) is 0 Å². The van der Waals surface area contributed by atoms with Gasteiger partial charge in [0.05, 0.1) is 14.2 Å². The SMILES string of the molecule is CCc1ccc(CC)c(C(=O)COC(=O)/C=C/c2cc(OC)ccc2OC)c1. The van der Waals surface area contributed by atoms with E-state index in [9.17, 15) is 9.59 Å². The maximum atomic E-state index is 12.5. The Balaban J connectivity index is 2.05. The molecule has 0 amide bonds. The van der Waals surface area contributed by atoms with E-state index in [0.717, 1.165) is 24.0 Å². The van der Waals surface area contributed by atoms with Crippen molar-refractivity contribution in [3.05, 3.63) is 64.7 Å². The molecule has 0 heterocycles. The van der Waals surface area contributed by atoms with E-state index < -0.39 is 5.97 Å². The van der Waals surface area contributed by atoms with Crippen molar-refractivity contribution >= 4 is 17.8 Å². The van der Waals surface area contributed by atoms with E-state index in [1.165, 1.54) is 6.08 Å². The van der Waals surface area contributed by atoms with Crippen LogP contribution in [0, 0.1) is 0 Å². The van der Waals surface area contributed by atoms with Crippen molar-refractivity contribution in [1.82, 2.24) is 0 Å². The summed E-state index contributed by atoms with van der Waals surface area (Å²) in [4.78, 5) is 24.6. The largest absolute Gasteiger partial charge is 0.497 e. The topological polar surface area (TPSA) is 61.8 Å². The number of carbonyl (C=O) groups is 2. The lowest BCUT2D eigenvalue weighted by molar-refractivity contribution is -0.136. The molecular weight excluding hydrogens is 356 g/mol. The number of ether oxygens (including phenoxy) is 3. The molecule has 0 unspecified atom stereocenters. The summed E-state index contributed by atoms with van der Waals surface area (Å²) in [6, 6.07) is 11.1. The first-order valence-electron chi connectivity index (χ1n) is 9.24. The summed E-state index contributed by atoms with van der Waals surface area (Å²) >= 11 is 0. The number of hydrogen-bond acceptors (Lipinski definition) is 5. The van der Waals surface area contributed by atoms with E-state index in [-0.39, 0.29) is 12.4 Å². The summed E-state index contributed by atoms with van der Waals surface area (Å²) in [5.74, 6) is 0.451. The third kappa shape index (κ3) is 5.46. The van der Waals surface area contributed by atoms with Gasteiger partial charge >= 0.3 is 5.97 Å². The molecule has 28 heavy (non-hydrogen) atoms. The molecular formula is C23H26O5. The van der Waals surface area contributed by atoms with E-state index in [0.29, 0.717) is 22.6 Å². The molecule has 0 radical (unpaired) electrons. The Morgan fingerprint density at radius 2 is 1.75 bits per heavy atom. The monoisotopic (exact) mass is 382 g/mol. The quantitative estimate of drug-likeness (QED) is 0.368. The minimum absolute atomic E-state index is 0.201. The molecule has 5 heteroatoms. The number of Topliss-reactive ketones (excluding diaryl/α,β-unsaturated/α-hetero) is 1. The number of aryl methyl sites for hydroxylation is 2. The first-order chi connectivity index (χ1) is 13.5. The Labute approximate surface area is 165 Å². The average Bonchev–Trinajstić information content (AvgIpc) is 2.75. The third-order valence-electron chi connectivity index (χ3n) is 4.45. The molecule has 0 aliphatic heterocycles. The summed E-state index contributed by atoms with van der Waals surface area (Å²) < 4.78 is 15.6. The summed E-state index contributed by atoms with van der Waals surface area (Å²) in [5.41, 5.74) is 3.33. The lowest BCUT2D eigenvalue weighted by atomic mass is 9.98. The van der Waals surface area contributed by atoms with Crippen LogP contribution in [0.25, 0.3) is 6.08 Å². The lowest BCUT2D eigenvalue weighted by Gasteiger charge is -2.09. The standard InChI is InChI=1S/C23H26O5/c1-5-16-7-8-17(6-2)20(13-16)21(24)15-28-23(25)12-9-18-14-19(26-3)10-11-22(18)27-4/h7-14H,5-6,15H2,1-4H3/b12-9+. The maximum absolute atomic E-state index is 12.5. The molecule has 0 saturated heterocycles. The van der Waals surface area contributed by atoms with Crippen molar-refractivity contribution in [3.8, 4) is 11.5 Å². The lowest BCUT2D eigenvalue weighted by Crippen LogP contribution is -2.14. The molecule has 0 saturated carbocycles. The van der Waals surface area contributed by atoms with Crippen LogP contribution >= 0.6 is 0 Å². The van der Waals surface area contributed by atoms with Crippen molar-refractivity contribution in [2.45, 2.75) is 26.7 Å². The highest BCUT2D eigenvalue weighted by Crippen LogP contribution is 2.25. The second-order valence-corrected chi connectivity index (χ2v) is 6.17. The highest BCUT2D eigenvalue weighted by atomic mass is 16.5. The first kappa shape index (κ1) is 21.2. The van der Waals surface area contributed by atoms with Crippen molar-refractivity contribution in [2.75, 3.05) is 20.8 Å². The molecule has 0 bridgehead atoms. The van der Waals surface area contributed by atoms with Crippen LogP contribution in [0.4, 0.5) is 0 Å². The van der Waals surface area contributed by atoms with Crippen LogP contribution in [0.5, 0.6) is 11.5 Å². The van der Waals surface area contributed by atoms with Gasteiger partial charge in [0.25, 0.3) is 0 Å². The van der Waals surface area contributed by atoms with Crippen LogP contribution in [-0.4, -0.2) is 32.6 Å². The van der Waals surface area contributed by atoms with Crippen molar-refractivity contribution in [3.63, 3.8) is 0 Å². The number of benzene rings is 2. The number of ketones is 1. The number of carbonyl (C=O) groups excluding carboxylic acids is 2. The van der Waals surface area contributed by atoms with Gasteiger partial charge in [0.2, 0.25) is 5.78 Å². The Morgan fingerprint density at radius 3 is 2.39 bits per heavy atom. The normalized spacial score (nSPS) is 10.7. The van der Waals surface area contributed by atoms with Crippen LogP contribution in [0.15, 0.2) is 42.5 Å². The number of methoxy groups -OCH3 is 2. The van der Waals surface area contributed by atoms with Gasteiger partial charge in [-0.3, -0.25) is 4.79 Å². The van der Waals surface area contributed by atoms with Gasteiger partial charge in [-0.25, -0.2) is 4.79 Å². The second kappa shape index (κ2) is 10.3. The summed E-state index contributed by atoms with van der Waals surface area (Å²) in [6.45, 7) is 3.74. The fraction of sp³-hybridized carbons (Fsp3) is 0.304. The minimum atomic E-state index is -0.595. The van der Waals surface area contributed by atoms with Crippen molar-refractivity contribution in [1.29, 1.82) is 0 Å². The maximum Gasteiger partial charge on any atom is 0.331 e. The van der Waals surface area contributed by atoms with Gasteiger partial charge in [0, 0.05) is 17.2 Å². The molecule has 0 atom stereocenters. The molecule has 2 aromatic carbocycles. The number of hydrogen-bond donors (Lipinski definition) is 0. The third-order valence-corrected chi connectivity index (χ3v) is 4.45. The molecule has 0 aromatic heterocycles.